The van der Waals surface area contributed by atoms with Crippen LogP contribution in [0.25, 0.3) is 10.8 Å². The van der Waals surface area contributed by atoms with E-state index in [2.05, 4.69) is 10.2 Å². The Morgan fingerprint density at radius 1 is 1.22 bits per heavy atom. The molecule has 0 atom stereocenters. The maximum absolute atomic E-state index is 13.0. The Kier molecular flexibility index (Phi) is 3.46. The summed E-state index contributed by atoms with van der Waals surface area (Å²) in [4.78, 5) is 27.9. The van der Waals surface area contributed by atoms with E-state index < -0.39 is 0 Å². The third-order valence-electron chi connectivity index (χ3n) is 4.05. The first-order chi connectivity index (χ1) is 11.2. The van der Waals surface area contributed by atoms with Crippen molar-refractivity contribution in [3.8, 4) is 0 Å². The van der Waals surface area contributed by atoms with Gasteiger partial charge in [0.2, 0.25) is 0 Å². The molecular weight excluding hydrogens is 310 g/mol. The smallest absolute Gasteiger partial charge is 0.275 e. The zero-order valence-electron chi connectivity index (χ0n) is 12.4. The van der Waals surface area contributed by atoms with Crippen LogP contribution in [0.4, 0.5) is 0 Å². The van der Waals surface area contributed by atoms with Gasteiger partial charge in [0.15, 0.2) is 5.69 Å². The summed E-state index contributed by atoms with van der Waals surface area (Å²) in [5, 5.41) is 9.61. The summed E-state index contributed by atoms with van der Waals surface area (Å²) >= 11 is 1.64. The fourth-order valence-corrected chi connectivity index (χ4v) is 3.44. The summed E-state index contributed by atoms with van der Waals surface area (Å²) in [6.45, 7) is 0.594. The molecule has 1 aliphatic rings. The van der Waals surface area contributed by atoms with Gasteiger partial charge in [-0.1, -0.05) is 24.3 Å². The predicted molar refractivity (Wildman–Crippen MR) is 89.6 cm³/mol. The van der Waals surface area contributed by atoms with Crippen LogP contribution in [0.2, 0.25) is 0 Å². The normalized spacial score (nSPS) is 14.1. The first-order valence-electron chi connectivity index (χ1n) is 7.55. The lowest BCUT2D eigenvalue weighted by atomic mass is 10.1. The van der Waals surface area contributed by atoms with Crippen molar-refractivity contribution in [3.05, 3.63) is 62.7 Å². The Labute approximate surface area is 136 Å². The molecule has 0 unspecified atom stereocenters. The first kappa shape index (κ1) is 14.1. The molecule has 1 fully saturated rings. The molecule has 1 amide bonds. The lowest BCUT2D eigenvalue weighted by Crippen LogP contribution is -2.33. The number of hydrogen-bond acceptors (Lipinski definition) is 4. The number of carbonyl (C=O) groups excluding carboxylic acids is 1. The van der Waals surface area contributed by atoms with Crippen LogP contribution in [0.5, 0.6) is 0 Å². The van der Waals surface area contributed by atoms with Gasteiger partial charge in [0.05, 0.1) is 11.9 Å². The largest absolute Gasteiger partial charge is 0.329 e. The number of rotatable bonds is 4. The second-order valence-corrected chi connectivity index (χ2v) is 6.72. The van der Waals surface area contributed by atoms with E-state index in [0.717, 1.165) is 17.7 Å². The molecule has 116 valence electrons. The SMILES string of the molecule is O=C(c1n[nH]c(=O)c2ccccc12)N(Cc1cccs1)C1CC1. The Morgan fingerprint density at radius 3 is 2.70 bits per heavy atom. The topological polar surface area (TPSA) is 66.1 Å². The minimum atomic E-state index is -0.270. The average molecular weight is 325 g/mol. The first-order valence-corrected chi connectivity index (χ1v) is 8.43. The molecule has 4 rings (SSSR count). The zero-order valence-corrected chi connectivity index (χ0v) is 13.2. The third-order valence-corrected chi connectivity index (χ3v) is 4.91. The van der Waals surface area contributed by atoms with E-state index >= 15 is 0 Å². The highest BCUT2D eigenvalue weighted by molar-refractivity contribution is 7.09. The molecule has 1 N–H and O–H groups in total. The van der Waals surface area contributed by atoms with Crippen LogP contribution in [0.15, 0.2) is 46.6 Å². The molecule has 1 aromatic carbocycles. The van der Waals surface area contributed by atoms with Crippen LogP contribution in [0.1, 0.15) is 28.2 Å². The number of amides is 1. The zero-order chi connectivity index (χ0) is 15.8. The van der Waals surface area contributed by atoms with Crippen molar-refractivity contribution in [3.63, 3.8) is 0 Å². The Hall–Kier alpha value is -2.47. The lowest BCUT2D eigenvalue weighted by molar-refractivity contribution is 0.0726. The number of fused-ring (bicyclic) bond motifs is 1. The van der Waals surface area contributed by atoms with Gasteiger partial charge in [0.25, 0.3) is 11.5 Å². The van der Waals surface area contributed by atoms with Gasteiger partial charge in [-0.15, -0.1) is 11.3 Å². The molecule has 5 nitrogen and oxygen atoms in total. The quantitative estimate of drug-likeness (QED) is 0.802. The van der Waals surface area contributed by atoms with Crippen molar-refractivity contribution in [2.45, 2.75) is 25.4 Å². The third kappa shape index (κ3) is 2.66. The number of nitrogens with one attached hydrogen (secondary N) is 1. The Bertz CT molecular complexity index is 913. The van der Waals surface area contributed by atoms with Gasteiger partial charge in [-0.3, -0.25) is 9.59 Å². The molecule has 1 aliphatic carbocycles. The molecule has 2 heterocycles. The molecule has 23 heavy (non-hydrogen) atoms. The number of hydrogen-bond donors (Lipinski definition) is 1. The number of carbonyl (C=O) groups is 1. The minimum absolute atomic E-state index is 0.117. The summed E-state index contributed by atoms with van der Waals surface area (Å²) in [5.74, 6) is -0.117. The lowest BCUT2D eigenvalue weighted by Gasteiger charge is -2.21. The Morgan fingerprint density at radius 2 is 2.00 bits per heavy atom. The highest BCUT2D eigenvalue weighted by atomic mass is 32.1. The van der Waals surface area contributed by atoms with Crippen molar-refractivity contribution >= 4 is 28.0 Å². The second kappa shape index (κ2) is 5.62. The standard InChI is InChI=1S/C17H15N3O2S/c21-16-14-6-2-1-5-13(14)15(18-19-16)17(22)20(11-7-8-11)10-12-4-3-9-23-12/h1-6,9,11H,7-8,10H2,(H,19,21). The van der Waals surface area contributed by atoms with Crippen LogP contribution in [-0.2, 0) is 6.54 Å². The molecule has 6 heteroatoms. The van der Waals surface area contributed by atoms with Gasteiger partial charge in [0, 0.05) is 16.3 Å². The van der Waals surface area contributed by atoms with E-state index in [1.54, 1.807) is 29.5 Å². The summed E-state index contributed by atoms with van der Waals surface area (Å²) < 4.78 is 0. The van der Waals surface area contributed by atoms with Gasteiger partial charge in [-0.05, 0) is 30.4 Å². The summed E-state index contributed by atoms with van der Waals surface area (Å²) in [7, 11) is 0. The van der Waals surface area contributed by atoms with Gasteiger partial charge in [0.1, 0.15) is 0 Å². The van der Waals surface area contributed by atoms with Crippen LogP contribution in [0.3, 0.4) is 0 Å². The van der Waals surface area contributed by atoms with Crippen LogP contribution < -0.4 is 5.56 Å². The molecule has 0 radical (unpaired) electrons. The maximum atomic E-state index is 13.0. The Balaban J connectivity index is 1.75. The molecule has 0 saturated heterocycles. The molecule has 1 saturated carbocycles. The van der Waals surface area contributed by atoms with E-state index in [9.17, 15) is 9.59 Å². The minimum Gasteiger partial charge on any atom is -0.329 e. The van der Waals surface area contributed by atoms with E-state index in [4.69, 9.17) is 0 Å². The number of benzene rings is 1. The van der Waals surface area contributed by atoms with E-state index in [1.165, 1.54) is 0 Å². The van der Waals surface area contributed by atoms with E-state index in [1.807, 2.05) is 28.5 Å². The highest BCUT2D eigenvalue weighted by Crippen LogP contribution is 2.31. The van der Waals surface area contributed by atoms with Crippen LogP contribution in [0, 0.1) is 0 Å². The number of aromatic amines is 1. The summed E-state index contributed by atoms with van der Waals surface area (Å²) in [6, 6.07) is 11.4. The van der Waals surface area contributed by atoms with E-state index in [0.29, 0.717) is 23.0 Å². The van der Waals surface area contributed by atoms with Crippen molar-refractivity contribution in [2.75, 3.05) is 0 Å². The number of thiophene rings is 1. The monoisotopic (exact) mass is 325 g/mol. The van der Waals surface area contributed by atoms with Gasteiger partial charge in [-0.25, -0.2) is 5.10 Å². The van der Waals surface area contributed by atoms with Crippen molar-refractivity contribution < 1.29 is 4.79 Å². The van der Waals surface area contributed by atoms with Crippen molar-refractivity contribution in [1.29, 1.82) is 0 Å². The predicted octanol–water partition coefficient (Wildman–Crippen LogP) is 2.79. The molecular formula is C17H15N3O2S. The van der Waals surface area contributed by atoms with Gasteiger partial charge >= 0.3 is 0 Å². The number of nitrogens with zero attached hydrogens (tertiary/aromatic N) is 2. The molecule has 0 spiro atoms. The van der Waals surface area contributed by atoms with Crippen molar-refractivity contribution in [2.24, 2.45) is 0 Å². The van der Waals surface area contributed by atoms with Crippen LogP contribution in [-0.4, -0.2) is 27.0 Å². The second-order valence-electron chi connectivity index (χ2n) is 5.69. The highest BCUT2D eigenvalue weighted by Gasteiger charge is 2.34. The van der Waals surface area contributed by atoms with Gasteiger partial charge < -0.3 is 4.90 Å². The summed E-state index contributed by atoms with van der Waals surface area (Å²) in [5.41, 5.74) is 0.0528. The molecule has 2 aromatic heterocycles. The maximum Gasteiger partial charge on any atom is 0.275 e. The molecule has 3 aromatic rings. The van der Waals surface area contributed by atoms with E-state index in [-0.39, 0.29) is 17.5 Å². The summed E-state index contributed by atoms with van der Waals surface area (Å²) in [6.07, 6.45) is 2.05. The number of aromatic nitrogens is 2. The molecule has 0 aliphatic heterocycles. The van der Waals surface area contributed by atoms with Crippen molar-refractivity contribution in [1.82, 2.24) is 15.1 Å². The van der Waals surface area contributed by atoms with Gasteiger partial charge in [-0.2, -0.15) is 5.10 Å². The fraction of sp³-hybridized carbons (Fsp3) is 0.235. The molecule has 0 bridgehead atoms. The fourth-order valence-electron chi connectivity index (χ4n) is 2.74. The average Bonchev–Trinajstić information content (AvgIpc) is 3.29. The van der Waals surface area contributed by atoms with Crippen LogP contribution >= 0.6 is 11.3 Å². The number of H-pyrrole nitrogens is 1.